The Morgan fingerprint density at radius 2 is 1.81 bits per heavy atom. The quantitative estimate of drug-likeness (QED) is 0.837. The Kier molecular flexibility index (Phi) is 6.05. The number of hydrogen-bond acceptors (Lipinski definition) is 2. The SMILES string of the molecule is CC(C)C(C)(CC(=O)O)NC(=O)Cc1c(Cl)cccc1Cl. The molecule has 0 fully saturated rings. The Bertz CT molecular complexity index is 525. The number of carbonyl (C=O) groups excluding carboxylic acids is 1. The minimum Gasteiger partial charge on any atom is -0.481 e. The van der Waals surface area contributed by atoms with E-state index < -0.39 is 11.5 Å². The van der Waals surface area contributed by atoms with Crippen LogP contribution in [0.4, 0.5) is 0 Å². The fraction of sp³-hybridized carbons (Fsp3) is 0.467. The van der Waals surface area contributed by atoms with E-state index in [0.29, 0.717) is 15.6 Å². The minimum atomic E-state index is -0.956. The van der Waals surface area contributed by atoms with E-state index in [1.165, 1.54) is 0 Å². The molecule has 116 valence electrons. The molecule has 0 aliphatic heterocycles. The molecule has 0 radical (unpaired) electrons. The van der Waals surface area contributed by atoms with E-state index in [9.17, 15) is 9.59 Å². The second-order valence-corrected chi connectivity index (χ2v) is 6.38. The fourth-order valence-corrected chi connectivity index (χ4v) is 2.46. The van der Waals surface area contributed by atoms with Crippen molar-refractivity contribution in [3.63, 3.8) is 0 Å². The average molecular weight is 332 g/mol. The summed E-state index contributed by atoms with van der Waals surface area (Å²) in [4.78, 5) is 23.2. The third-order valence-corrected chi connectivity index (χ3v) is 4.32. The Morgan fingerprint density at radius 3 is 2.24 bits per heavy atom. The number of nitrogens with one attached hydrogen (secondary N) is 1. The van der Waals surface area contributed by atoms with Gasteiger partial charge in [-0.15, -0.1) is 0 Å². The van der Waals surface area contributed by atoms with Crippen molar-refractivity contribution < 1.29 is 14.7 Å². The summed E-state index contributed by atoms with van der Waals surface area (Å²) in [6.07, 6.45) is -0.132. The molecule has 1 amide bonds. The van der Waals surface area contributed by atoms with Gasteiger partial charge in [0, 0.05) is 15.6 Å². The number of rotatable bonds is 6. The molecule has 0 spiro atoms. The lowest BCUT2D eigenvalue weighted by Gasteiger charge is -2.33. The summed E-state index contributed by atoms with van der Waals surface area (Å²) in [5.41, 5.74) is -0.281. The molecule has 21 heavy (non-hydrogen) atoms. The largest absolute Gasteiger partial charge is 0.481 e. The van der Waals surface area contributed by atoms with Crippen LogP contribution in [0.15, 0.2) is 18.2 Å². The van der Waals surface area contributed by atoms with Crippen LogP contribution < -0.4 is 5.32 Å². The van der Waals surface area contributed by atoms with Gasteiger partial charge in [-0.1, -0.05) is 43.1 Å². The molecule has 4 nitrogen and oxygen atoms in total. The van der Waals surface area contributed by atoms with Gasteiger partial charge in [0.2, 0.25) is 5.91 Å². The van der Waals surface area contributed by atoms with Gasteiger partial charge in [0.05, 0.1) is 12.8 Å². The second kappa shape index (κ2) is 7.14. The maximum absolute atomic E-state index is 12.2. The van der Waals surface area contributed by atoms with Gasteiger partial charge in [0.1, 0.15) is 0 Å². The highest BCUT2D eigenvalue weighted by atomic mass is 35.5. The molecule has 0 bridgehead atoms. The van der Waals surface area contributed by atoms with Crippen LogP contribution in [-0.2, 0) is 16.0 Å². The van der Waals surface area contributed by atoms with Gasteiger partial charge >= 0.3 is 5.97 Å². The molecule has 0 aliphatic rings. The number of carboxylic acids is 1. The number of hydrogen-bond donors (Lipinski definition) is 2. The summed E-state index contributed by atoms with van der Waals surface area (Å²) in [7, 11) is 0. The van der Waals surface area contributed by atoms with E-state index >= 15 is 0 Å². The van der Waals surface area contributed by atoms with E-state index in [2.05, 4.69) is 5.32 Å². The van der Waals surface area contributed by atoms with Gasteiger partial charge in [0.25, 0.3) is 0 Å². The molecule has 1 unspecified atom stereocenters. The van der Waals surface area contributed by atoms with Crippen molar-refractivity contribution in [3.8, 4) is 0 Å². The molecule has 0 saturated carbocycles. The third-order valence-electron chi connectivity index (χ3n) is 3.62. The van der Waals surface area contributed by atoms with Gasteiger partial charge in [-0.05, 0) is 30.5 Å². The molecule has 0 saturated heterocycles. The standard InChI is InChI=1S/C15H19Cl2NO3/c1-9(2)15(3,8-14(20)21)18-13(19)7-10-11(16)5-4-6-12(10)17/h4-6,9H,7-8H2,1-3H3,(H,18,19)(H,20,21). The first-order valence-corrected chi connectivity index (χ1v) is 7.37. The molecule has 0 heterocycles. The average Bonchev–Trinajstić information content (AvgIpc) is 2.32. The molecular formula is C15H19Cl2NO3. The summed E-state index contributed by atoms with van der Waals surface area (Å²) >= 11 is 12.1. The van der Waals surface area contributed by atoms with Crippen molar-refractivity contribution in [1.82, 2.24) is 5.32 Å². The minimum absolute atomic E-state index is 0.0143. The lowest BCUT2D eigenvalue weighted by Crippen LogP contribution is -2.51. The number of amides is 1. The topological polar surface area (TPSA) is 66.4 Å². The van der Waals surface area contributed by atoms with Gasteiger partial charge in [-0.3, -0.25) is 9.59 Å². The van der Waals surface area contributed by atoms with Crippen molar-refractivity contribution in [2.45, 2.75) is 39.2 Å². The summed E-state index contributed by atoms with van der Waals surface area (Å²) in [6.45, 7) is 5.45. The highest BCUT2D eigenvalue weighted by Gasteiger charge is 2.32. The van der Waals surface area contributed by atoms with Crippen LogP contribution in [0.1, 0.15) is 32.8 Å². The van der Waals surface area contributed by atoms with E-state index in [0.717, 1.165) is 0 Å². The van der Waals surface area contributed by atoms with Crippen molar-refractivity contribution in [2.75, 3.05) is 0 Å². The Balaban J connectivity index is 2.86. The maximum atomic E-state index is 12.2. The number of benzene rings is 1. The van der Waals surface area contributed by atoms with Gasteiger partial charge in [0.15, 0.2) is 0 Å². The van der Waals surface area contributed by atoms with Gasteiger partial charge in [-0.25, -0.2) is 0 Å². The maximum Gasteiger partial charge on any atom is 0.305 e. The van der Waals surface area contributed by atoms with E-state index in [1.807, 2.05) is 13.8 Å². The first kappa shape index (κ1) is 17.8. The van der Waals surface area contributed by atoms with Crippen molar-refractivity contribution >= 4 is 35.1 Å². The smallest absolute Gasteiger partial charge is 0.305 e. The molecule has 2 N–H and O–H groups in total. The Hall–Kier alpha value is -1.26. The highest BCUT2D eigenvalue weighted by Crippen LogP contribution is 2.26. The molecule has 6 heteroatoms. The first-order valence-electron chi connectivity index (χ1n) is 6.61. The summed E-state index contributed by atoms with van der Waals surface area (Å²) in [5, 5.41) is 12.6. The monoisotopic (exact) mass is 331 g/mol. The zero-order valence-electron chi connectivity index (χ0n) is 12.2. The van der Waals surface area contributed by atoms with Gasteiger partial charge in [-0.2, -0.15) is 0 Å². The predicted molar refractivity (Wildman–Crippen MR) is 83.8 cm³/mol. The number of carbonyl (C=O) groups is 2. The zero-order chi connectivity index (χ0) is 16.2. The molecule has 0 aliphatic carbocycles. The molecule has 0 aromatic heterocycles. The number of aliphatic carboxylic acids is 1. The first-order chi connectivity index (χ1) is 9.65. The Morgan fingerprint density at radius 1 is 1.29 bits per heavy atom. The zero-order valence-corrected chi connectivity index (χ0v) is 13.8. The van der Waals surface area contributed by atoms with Crippen LogP contribution in [0.3, 0.4) is 0 Å². The van der Waals surface area contributed by atoms with E-state index in [-0.39, 0.29) is 24.7 Å². The summed E-state index contributed by atoms with van der Waals surface area (Å²) < 4.78 is 0. The van der Waals surface area contributed by atoms with Crippen LogP contribution in [0, 0.1) is 5.92 Å². The van der Waals surface area contributed by atoms with Gasteiger partial charge < -0.3 is 10.4 Å². The number of halogens is 2. The van der Waals surface area contributed by atoms with Crippen LogP contribution in [-0.4, -0.2) is 22.5 Å². The summed E-state index contributed by atoms with van der Waals surface area (Å²) in [5.74, 6) is -1.29. The normalized spacial score (nSPS) is 13.8. The summed E-state index contributed by atoms with van der Waals surface area (Å²) in [6, 6.07) is 5.03. The molecular weight excluding hydrogens is 313 g/mol. The number of carboxylic acid groups (broad SMARTS) is 1. The molecule has 1 aromatic rings. The Labute approximate surface area is 134 Å². The lowest BCUT2D eigenvalue weighted by atomic mass is 9.85. The predicted octanol–water partition coefficient (Wildman–Crippen LogP) is 3.54. The fourth-order valence-electron chi connectivity index (χ4n) is 1.93. The van der Waals surface area contributed by atoms with E-state index in [1.54, 1.807) is 25.1 Å². The van der Waals surface area contributed by atoms with E-state index in [4.69, 9.17) is 28.3 Å². The van der Waals surface area contributed by atoms with Crippen LogP contribution in [0.2, 0.25) is 10.0 Å². The second-order valence-electron chi connectivity index (χ2n) is 5.57. The van der Waals surface area contributed by atoms with Crippen molar-refractivity contribution in [3.05, 3.63) is 33.8 Å². The van der Waals surface area contributed by atoms with Crippen molar-refractivity contribution in [1.29, 1.82) is 0 Å². The van der Waals surface area contributed by atoms with Crippen molar-refractivity contribution in [2.24, 2.45) is 5.92 Å². The van der Waals surface area contributed by atoms with Crippen LogP contribution in [0.25, 0.3) is 0 Å². The molecule has 1 atom stereocenters. The highest BCUT2D eigenvalue weighted by molar-refractivity contribution is 6.36. The van der Waals surface area contributed by atoms with Crippen LogP contribution in [0.5, 0.6) is 0 Å². The van der Waals surface area contributed by atoms with Crippen LogP contribution >= 0.6 is 23.2 Å². The third kappa shape index (κ3) is 4.90. The molecule has 1 aromatic carbocycles. The lowest BCUT2D eigenvalue weighted by molar-refractivity contribution is -0.139. The molecule has 1 rings (SSSR count).